The SMILES string of the molecule is CC(=O)CC(=O)N(C)Cc1cn(C)c(=O)n(C)c1=O. The normalized spacial score (nSPS) is 10.3. The number of ketones is 1. The molecule has 0 fully saturated rings. The molecule has 0 spiro atoms. The van der Waals surface area contributed by atoms with Crippen molar-refractivity contribution in [1.82, 2.24) is 14.0 Å². The minimum absolute atomic E-state index is 0.0624. The number of carbonyl (C=O) groups excluding carboxylic acids is 2. The van der Waals surface area contributed by atoms with Gasteiger partial charge in [-0.05, 0) is 6.92 Å². The molecule has 0 aliphatic rings. The van der Waals surface area contributed by atoms with Crippen molar-refractivity contribution in [2.45, 2.75) is 19.9 Å². The fourth-order valence-electron chi connectivity index (χ4n) is 1.68. The zero-order valence-corrected chi connectivity index (χ0v) is 11.5. The third kappa shape index (κ3) is 3.40. The van der Waals surface area contributed by atoms with Crippen molar-refractivity contribution in [2.24, 2.45) is 14.1 Å². The number of amides is 1. The molecule has 1 aromatic rings. The van der Waals surface area contributed by atoms with Crippen molar-refractivity contribution < 1.29 is 9.59 Å². The van der Waals surface area contributed by atoms with Crippen LogP contribution >= 0.6 is 0 Å². The maximum absolute atomic E-state index is 11.9. The zero-order chi connectivity index (χ0) is 14.7. The lowest BCUT2D eigenvalue weighted by atomic mass is 10.2. The Hall–Kier alpha value is -2.18. The van der Waals surface area contributed by atoms with Crippen LogP contribution in [0.25, 0.3) is 0 Å². The van der Waals surface area contributed by atoms with E-state index >= 15 is 0 Å². The Bertz CT molecular complexity index is 627. The Kier molecular flexibility index (Phi) is 4.42. The Morgan fingerprint density at radius 2 is 1.84 bits per heavy atom. The van der Waals surface area contributed by atoms with Gasteiger partial charge >= 0.3 is 5.69 Å². The summed E-state index contributed by atoms with van der Waals surface area (Å²) in [5.74, 6) is -0.589. The van der Waals surface area contributed by atoms with Crippen LogP contribution in [0.15, 0.2) is 15.8 Å². The molecule has 1 aromatic heterocycles. The van der Waals surface area contributed by atoms with E-state index < -0.39 is 11.2 Å². The number of nitrogens with zero attached hydrogens (tertiary/aromatic N) is 3. The van der Waals surface area contributed by atoms with Gasteiger partial charge in [0, 0.05) is 27.3 Å². The topological polar surface area (TPSA) is 81.4 Å². The molecule has 0 unspecified atom stereocenters. The summed E-state index contributed by atoms with van der Waals surface area (Å²) in [4.78, 5) is 47.2. The average molecular weight is 267 g/mol. The number of hydrogen-bond acceptors (Lipinski definition) is 4. The maximum atomic E-state index is 11.9. The van der Waals surface area contributed by atoms with Crippen LogP contribution in [0.2, 0.25) is 0 Å². The predicted molar refractivity (Wildman–Crippen MR) is 68.7 cm³/mol. The van der Waals surface area contributed by atoms with E-state index in [0.717, 1.165) is 4.57 Å². The van der Waals surface area contributed by atoms with Crippen LogP contribution < -0.4 is 11.2 Å². The molecule has 0 radical (unpaired) electrons. The van der Waals surface area contributed by atoms with Gasteiger partial charge in [-0.25, -0.2) is 4.79 Å². The summed E-state index contributed by atoms with van der Waals surface area (Å²) >= 11 is 0. The van der Waals surface area contributed by atoms with Gasteiger partial charge in [0.05, 0.1) is 18.5 Å². The van der Waals surface area contributed by atoms with Gasteiger partial charge in [0.15, 0.2) is 0 Å². The first-order chi connectivity index (χ1) is 8.73. The molecular formula is C12H17N3O4. The highest BCUT2D eigenvalue weighted by Crippen LogP contribution is 1.99. The van der Waals surface area contributed by atoms with E-state index in [1.165, 1.54) is 43.7 Å². The third-order valence-electron chi connectivity index (χ3n) is 2.75. The van der Waals surface area contributed by atoms with E-state index in [2.05, 4.69) is 0 Å². The molecule has 7 nitrogen and oxygen atoms in total. The second-order valence-electron chi connectivity index (χ2n) is 4.54. The van der Waals surface area contributed by atoms with Crippen LogP contribution in [-0.4, -0.2) is 32.8 Å². The Morgan fingerprint density at radius 1 is 1.26 bits per heavy atom. The van der Waals surface area contributed by atoms with Gasteiger partial charge in [-0.3, -0.25) is 19.0 Å². The number of rotatable bonds is 4. The monoisotopic (exact) mass is 267 g/mol. The molecule has 0 N–H and O–H groups in total. The van der Waals surface area contributed by atoms with E-state index in [4.69, 9.17) is 0 Å². The molecule has 1 heterocycles. The number of Topliss-reactive ketones (excluding diaryl/α,β-unsaturated/α-hetero) is 1. The van der Waals surface area contributed by atoms with Gasteiger partial charge < -0.3 is 9.47 Å². The highest BCUT2D eigenvalue weighted by Gasteiger charge is 2.14. The minimum atomic E-state index is -0.439. The number of aromatic nitrogens is 2. The van der Waals surface area contributed by atoms with E-state index in [9.17, 15) is 19.2 Å². The molecule has 0 saturated carbocycles. The zero-order valence-electron chi connectivity index (χ0n) is 11.5. The molecule has 104 valence electrons. The van der Waals surface area contributed by atoms with Gasteiger partial charge in [0.1, 0.15) is 5.78 Å². The van der Waals surface area contributed by atoms with Crippen molar-refractivity contribution in [3.05, 3.63) is 32.6 Å². The van der Waals surface area contributed by atoms with Gasteiger partial charge in [-0.15, -0.1) is 0 Å². The van der Waals surface area contributed by atoms with E-state index in [-0.39, 0.29) is 24.7 Å². The molecule has 0 aliphatic carbocycles. The second kappa shape index (κ2) is 5.64. The molecule has 0 aromatic carbocycles. The van der Waals surface area contributed by atoms with Crippen LogP contribution in [-0.2, 0) is 30.2 Å². The molecule has 1 rings (SSSR count). The first-order valence-electron chi connectivity index (χ1n) is 5.73. The predicted octanol–water partition coefficient (Wildman–Crippen LogP) is -0.978. The van der Waals surface area contributed by atoms with Crippen molar-refractivity contribution in [3.63, 3.8) is 0 Å². The second-order valence-corrected chi connectivity index (χ2v) is 4.54. The molecular weight excluding hydrogens is 250 g/mol. The van der Waals surface area contributed by atoms with Gasteiger partial charge in [0.25, 0.3) is 5.56 Å². The van der Waals surface area contributed by atoms with Crippen LogP contribution in [0.1, 0.15) is 18.9 Å². The molecule has 1 amide bonds. The first kappa shape index (κ1) is 14.9. The highest BCUT2D eigenvalue weighted by molar-refractivity contribution is 5.96. The summed E-state index contributed by atoms with van der Waals surface area (Å²) in [7, 11) is 4.42. The smallest absolute Gasteiger partial charge is 0.330 e. The van der Waals surface area contributed by atoms with Crippen molar-refractivity contribution in [2.75, 3.05) is 7.05 Å². The minimum Gasteiger partial charge on any atom is -0.341 e. The number of hydrogen-bond donors (Lipinski definition) is 0. The molecule has 7 heteroatoms. The molecule has 0 aliphatic heterocycles. The summed E-state index contributed by atoms with van der Waals surface area (Å²) in [5.41, 5.74) is -0.541. The summed E-state index contributed by atoms with van der Waals surface area (Å²) in [6.45, 7) is 1.39. The van der Waals surface area contributed by atoms with Crippen molar-refractivity contribution in [1.29, 1.82) is 0 Å². The molecule has 0 saturated heterocycles. The highest BCUT2D eigenvalue weighted by atomic mass is 16.2. The van der Waals surface area contributed by atoms with Crippen LogP contribution in [0.4, 0.5) is 0 Å². The third-order valence-corrected chi connectivity index (χ3v) is 2.75. The summed E-state index contributed by atoms with van der Waals surface area (Å²) in [5, 5.41) is 0. The maximum Gasteiger partial charge on any atom is 0.330 e. The lowest BCUT2D eigenvalue weighted by Crippen LogP contribution is -2.40. The number of carbonyl (C=O) groups is 2. The Morgan fingerprint density at radius 3 is 2.37 bits per heavy atom. The Balaban J connectivity index is 3.01. The van der Waals surface area contributed by atoms with Gasteiger partial charge in [-0.1, -0.05) is 0 Å². The first-order valence-corrected chi connectivity index (χ1v) is 5.73. The van der Waals surface area contributed by atoms with Crippen LogP contribution in [0.5, 0.6) is 0 Å². The Labute approximate surface area is 110 Å². The summed E-state index contributed by atoms with van der Waals surface area (Å²) in [6.07, 6.45) is 1.21. The van der Waals surface area contributed by atoms with E-state index in [1.54, 1.807) is 0 Å². The van der Waals surface area contributed by atoms with Gasteiger partial charge in [-0.2, -0.15) is 0 Å². The molecule has 0 atom stereocenters. The van der Waals surface area contributed by atoms with Crippen molar-refractivity contribution >= 4 is 11.7 Å². The standard InChI is InChI=1S/C12H17N3O4/c1-8(16)5-10(17)13(2)6-9-7-14(3)12(19)15(4)11(9)18/h7H,5-6H2,1-4H3. The average Bonchev–Trinajstić information content (AvgIpc) is 2.32. The fourth-order valence-corrected chi connectivity index (χ4v) is 1.68. The number of aryl methyl sites for hydroxylation is 1. The lowest BCUT2D eigenvalue weighted by molar-refractivity contribution is -0.134. The lowest BCUT2D eigenvalue weighted by Gasteiger charge is -2.17. The van der Waals surface area contributed by atoms with E-state index in [1.807, 2.05) is 0 Å². The summed E-state index contributed by atoms with van der Waals surface area (Å²) < 4.78 is 2.26. The fraction of sp³-hybridized carbons (Fsp3) is 0.500. The van der Waals surface area contributed by atoms with Crippen LogP contribution in [0.3, 0.4) is 0 Å². The molecule has 0 bridgehead atoms. The van der Waals surface area contributed by atoms with Crippen LogP contribution in [0, 0.1) is 0 Å². The quantitative estimate of drug-likeness (QED) is 0.657. The summed E-state index contributed by atoms with van der Waals surface area (Å²) in [6, 6.07) is 0. The molecule has 19 heavy (non-hydrogen) atoms. The van der Waals surface area contributed by atoms with Gasteiger partial charge in [0.2, 0.25) is 5.91 Å². The van der Waals surface area contributed by atoms with Crippen molar-refractivity contribution in [3.8, 4) is 0 Å². The largest absolute Gasteiger partial charge is 0.341 e. The van der Waals surface area contributed by atoms with E-state index in [0.29, 0.717) is 5.56 Å².